The minimum atomic E-state index is -0.248. The van der Waals surface area contributed by atoms with Crippen molar-refractivity contribution >= 4 is 11.8 Å². The van der Waals surface area contributed by atoms with Crippen molar-refractivity contribution in [3.8, 4) is 0 Å². The van der Waals surface area contributed by atoms with E-state index in [1.807, 2.05) is 0 Å². The fraction of sp³-hybridized carbons (Fsp3) is 0.852. The number of quaternary nitrogens is 1. The van der Waals surface area contributed by atoms with E-state index in [2.05, 4.69) is 42.5 Å². The summed E-state index contributed by atoms with van der Waals surface area (Å²) in [6.45, 7) is 5.92. The topological polar surface area (TPSA) is 154 Å². The smallest absolute Gasteiger partial charge is 0.245 e. The van der Waals surface area contributed by atoms with Gasteiger partial charge in [0.2, 0.25) is 11.8 Å². The quantitative estimate of drug-likeness (QED) is 0.0472. The first-order chi connectivity index (χ1) is 19.3. The van der Waals surface area contributed by atoms with E-state index >= 15 is 0 Å². The van der Waals surface area contributed by atoms with Crippen LogP contribution in [0.5, 0.6) is 0 Å². The Morgan fingerprint density at radius 3 is 2.08 bits per heavy atom. The molecule has 1 atom stereocenters. The molecule has 6 N–H and O–H groups in total. The summed E-state index contributed by atoms with van der Waals surface area (Å²) in [4.78, 5) is 23.3. The molecule has 1 aliphatic rings. The van der Waals surface area contributed by atoms with Crippen LogP contribution in [0.15, 0.2) is 11.4 Å². The number of nitrogens with two attached hydrogens (primary N) is 1. The van der Waals surface area contributed by atoms with Gasteiger partial charge < -0.3 is 49.5 Å². The molecule has 0 spiro atoms. The summed E-state index contributed by atoms with van der Waals surface area (Å²) in [5.41, 5.74) is 4.60. The van der Waals surface area contributed by atoms with Crippen molar-refractivity contribution in [1.29, 1.82) is 0 Å². The first kappa shape index (κ1) is 36.0. The average Bonchev–Trinajstić information content (AvgIpc) is 2.90. The van der Waals surface area contributed by atoms with Gasteiger partial charge in [0.05, 0.1) is 92.8 Å². The standard InChI is InChI=1S/C27H54N6O7/c1-29-26(35)22-40-24-9-7-5-6-8-23(27(24)32-28)30-12-15-37-17-19-39-21-20-38-18-16-36-14-10-25(34)31-11-13-33(2,3)4/h24,30,32H,5-22,28H2,1-4H3,(H-,29,31,34,35)/p+1. The Hall–Kier alpha value is -2.00. The van der Waals surface area contributed by atoms with E-state index in [0.29, 0.717) is 72.4 Å². The lowest BCUT2D eigenvalue weighted by atomic mass is 9.99. The maximum atomic E-state index is 11.7. The van der Waals surface area contributed by atoms with Gasteiger partial charge in [0.25, 0.3) is 0 Å². The largest absolute Gasteiger partial charge is 0.385 e. The van der Waals surface area contributed by atoms with Crippen LogP contribution in [0.4, 0.5) is 0 Å². The first-order valence-electron chi connectivity index (χ1n) is 14.4. The predicted octanol–water partition coefficient (Wildman–Crippen LogP) is -0.375. The molecule has 40 heavy (non-hydrogen) atoms. The number of allylic oxidation sites excluding steroid dienone is 1. The number of carbonyl (C=O) groups excluding carboxylic acids is 2. The van der Waals surface area contributed by atoms with E-state index in [1.54, 1.807) is 7.05 Å². The third kappa shape index (κ3) is 19.1. The summed E-state index contributed by atoms with van der Waals surface area (Å²) < 4.78 is 28.8. The Morgan fingerprint density at radius 2 is 1.48 bits per heavy atom. The molecule has 0 heterocycles. The molecule has 0 aromatic carbocycles. The summed E-state index contributed by atoms with van der Waals surface area (Å²) >= 11 is 0. The Kier molecular flexibility index (Phi) is 20.4. The van der Waals surface area contributed by atoms with E-state index < -0.39 is 0 Å². The molecule has 1 unspecified atom stereocenters. The third-order valence-corrected chi connectivity index (χ3v) is 6.17. The fourth-order valence-corrected chi connectivity index (χ4v) is 3.88. The van der Waals surface area contributed by atoms with Crippen LogP contribution >= 0.6 is 0 Å². The molecular weight excluding hydrogens is 520 g/mol. The number of nitrogens with zero attached hydrogens (tertiary/aromatic N) is 1. The van der Waals surface area contributed by atoms with Crippen LogP contribution < -0.4 is 27.2 Å². The SMILES string of the molecule is CNC(=O)COC1CCCCCC(NCCOCCOCCOCCOCCC(=O)NCC[N+](C)(C)C)=C1NN. The monoisotopic (exact) mass is 575 g/mol. The van der Waals surface area contributed by atoms with Crippen LogP contribution in [0.25, 0.3) is 0 Å². The fourth-order valence-electron chi connectivity index (χ4n) is 3.88. The van der Waals surface area contributed by atoms with E-state index in [9.17, 15) is 9.59 Å². The van der Waals surface area contributed by atoms with Crippen LogP contribution in [-0.2, 0) is 33.3 Å². The Labute approximate surface area is 240 Å². The average molecular weight is 576 g/mol. The number of ether oxygens (including phenoxy) is 5. The second-order valence-corrected chi connectivity index (χ2v) is 10.6. The van der Waals surface area contributed by atoms with Crippen LogP contribution in [0, 0.1) is 0 Å². The second kappa shape index (κ2) is 22.7. The molecule has 0 aliphatic heterocycles. The molecule has 0 aromatic rings. The highest BCUT2D eigenvalue weighted by molar-refractivity contribution is 5.76. The summed E-state index contributed by atoms with van der Waals surface area (Å²) in [5, 5.41) is 8.89. The van der Waals surface area contributed by atoms with Crippen molar-refractivity contribution in [3.63, 3.8) is 0 Å². The van der Waals surface area contributed by atoms with Gasteiger partial charge in [0, 0.05) is 25.7 Å². The molecule has 1 aliphatic carbocycles. The number of hydrogen-bond acceptors (Lipinski definition) is 10. The lowest BCUT2D eigenvalue weighted by Gasteiger charge is -2.26. The lowest BCUT2D eigenvalue weighted by molar-refractivity contribution is -0.869. The number of amides is 2. The van der Waals surface area contributed by atoms with E-state index in [-0.39, 0.29) is 24.5 Å². The molecule has 0 aromatic heterocycles. The van der Waals surface area contributed by atoms with Gasteiger partial charge in [0.1, 0.15) is 12.7 Å². The number of nitrogens with one attached hydrogen (secondary N) is 4. The van der Waals surface area contributed by atoms with Gasteiger partial charge in [-0.05, 0) is 19.3 Å². The zero-order valence-corrected chi connectivity index (χ0v) is 25.2. The number of hydrazine groups is 1. The maximum absolute atomic E-state index is 11.7. The number of likely N-dealkylation sites (N-methyl/N-ethyl adjacent to an activating group) is 2. The molecule has 0 fully saturated rings. The van der Waals surface area contributed by atoms with Crippen LogP contribution in [0.3, 0.4) is 0 Å². The molecular formula is C27H55N6O7+. The number of rotatable bonds is 23. The van der Waals surface area contributed by atoms with Gasteiger partial charge in [-0.3, -0.25) is 15.4 Å². The highest BCUT2D eigenvalue weighted by Gasteiger charge is 2.21. The number of hydrogen-bond donors (Lipinski definition) is 5. The molecule has 0 bridgehead atoms. The van der Waals surface area contributed by atoms with Crippen LogP contribution in [0.2, 0.25) is 0 Å². The van der Waals surface area contributed by atoms with Gasteiger partial charge >= 0.3 is 0 Å². The summed E-state index contributed by atoms with van der Waals surface area (Å²) in [6.07, 6.45) is 4.96. The molecule has 0 saturated heterocycles. The normalized spacial score (nSPS) is 16.3. The predicted molar refractivity (Wildman–Crippen MR) is 153 cm³/mol. The van der Waals surface area contributed by atoms with E-state index in [0.717, 1.165) is 54.5 Å². The highest BCUT2D eigenvalue weighted by atomic mass is 16.6. The van der Waals surface area contributed by atoms with Gasteiger partial charge in [-0.2, -0.15) is 0 Å². The van der Waals surface area contributed by atoms with Crippen molar-refractivity contribution in [1.82, 2.24) is 21.4 Å². The molecule has 0 radical (unpaired) electrons. The molecule has 13 heteroatoms. The molecule has 234 valence electrons. The molecule has 13 nitrogen and oxygen atoms in total. The Bertz CT molecular complexity index is 718. The van der Waals surface area contributed by atoms with Crippen LogP contribution in [-0.4, -0.2) is 130 Å². The molecule has 0 saturated carbocycles. The lowest BCUT2D eigenvalue weighted by Crippen LogP contribution is -2.42. The zero-order valence-electron chi connectivity index (χ0n) is 25.2. The first-order valence-corrected chi connectivity index (χ1v) is 14.4. The minimum absolute atomic E-state index is 0.000595. The van der Waals surface area contributed by atoms with Crippen molar-refractivity contribution < 1.29 is 37.8 Å². The summed E-state index contributed by atoms with van der Waals surface area (Å²) in [6, 6.07) is 0. The Balaban J connectivity index is 2.04. The van der Waals surface area contributed by atoms with Gasteiger partial charge in [-0.15, -0.1) is 0 Å². The minimum Gasteiger partial charge on any atom is -0.385 e. The highest BCUT2D eigenvalue weighted by Crippen LogP contribution is 2.22. The third-order valence-electron chi connectivity index (χ3n) is 6.17. The number of carbonyl (C=O) groups is 2. The maximum Gasteiger partial charge on any atom is 0.245 e. The van der Waals surface area contributed by atoms with E-state index in [1.165, 1.54) is 0 Å². The van der Waals surface area contributed by atoms with Crippen molar-refractivity contribution in [3.05, 3.63) is 11.4 Å². The van der Waals surface area contributed by atoms with Crippen LogP contribution in [0.1, 0.15) is 38.5 Å². The van der Waals surface area contributed by atoms with Gasteiger partial charge in [0.15, 0.2) is 0 Å². The van der Waals surface area contributed by atoms with Gasteiger partial charge in [-0.25, -0.2) is 0 Å². The molecule has 2 amide bonds. The summed E-state index contributed by atoms with van der Waals surface area (Å²) in [7, 11) is 7.86. The van der Waals surface area contributed by atoms with Gasteiger partial charge in [-0.1, -0.05) is 12.8 Å². The van der Waals surface area contributed by atoms with Crippen molar-refractivity contribution in [2.75, 3.05) is 107 Å². The second-order valence-electron chi connectivity index (χ2n) is 10.6. The zero-order chi connectivity index (χ0) is 29.5. The summed E-state index contributed by atoms with van der Waals surface area (Å²) in [5.74, 6) is 5.67. The van der Waals surface area contributed by atoms with Crippen molar-refractivity contribution in [2.45, 2.75) is 44.6 Å². The Morgan fingerprint density at radius 1 is 0.850 bits per heavy atom. The van der Waals surface area contributed by atoms with Crippen molar-refractivity contribution in [2.24, 2.45) is 5.84 Å². The molecule has 1 rings (SSSR count). The van der Waals surface area contributed by atoms with E-state index in [4.69, 9.17) is 29.5 Å².